The van der Waals surface area contributed by atoms with Gasteiger partial charge in [-0.25, -0.2) is 0 Å². The van der Waals surface area contributed by atoms with E-state index in [1.807, 2.05) is 6.92 Å². The lowest BCUT2D eigenvalue weighted by Crippen LogP contribution is -2.19. The third-order valence-corrected chi connectivity index (χ3v) is 3.31. The molecule has 4 heteroatoms. The van der Waals surface area contributed by atoms with Gasteiger partial charge in [0.15, 0.2) is 0 Å². The van der Waals surface area contributed by atoms with Gasteiger partial charge in [-0.15, -0.1) is 0 Å². The molecule has 1 aliphatic rings. The Hall–Kier alpha value is -1.48. The van der Waals surface area contributed by atoms with E-state index in [4.69, 9.17) is 11.6 Å². The summed E-state index contributed by atoms with van der Waals surface area (Å²) in [6.45, 7) is 4.08. The predicted octanol–water partition coefficient (Wildman–Crippen LogP) is 3.28. The van der Waals surface area contributed by atoms with Crippen molar-refractivity contribution >= 4 is 23.2 Å². The minimum atomic E-state index is -0.0956. The van der Waals surface area contributed by atoms with Crippen LogP contribution in [0.1, 0.15) is 19.8 Å². The number of likely N-dealkylation sites (tertiary alicyclic amines) is 1. The van der Waals surface area contributed by atoms with E-state index in [9.17, 15) is 4.79 Å². The molecule has 0 aliphatic carbocycles. The molecule has 1 saturated heterocycles. The number of carbonyl (C=O) groups is 1. The van der Waals surface area contributed by atoms with Crippen LogP contribution in [-0.2, 0) is 4.79 Å². The molecule has 0 bridgehead atoms. The van der Waals surface area contributed by atoms with Crippen LogP contribution in [0.25, 0.3) is 0 Å². The number of rotatable bonds is 3. The molecule has 0 atom stereocenters. The maximum Gasteiger partial charge on any atom is 0.250 e. The second-order valence-corrected chi connectivity index (χ2v) is 4.91. The summed E-state index contributed by atoms with van der Waals surface area (Å²) >= 11 is 5.79. The van der Waals surface area contributed by atoms with Crippen LogP contribution < -0.4 is 5.32 Å². The van der Waals surface area contributed by atoms with E-state index in [0.717, 1.165) is 24.5 Å². The van der Waals surface area contributed by atoms with Gasteiger partial charge in [0.1, 0.15) is 0 Å². The van der Waals surface area contributed by atoms with E-state index in [2.05, 4.69) is 10.2 Å². The van der Waals surface area contributed by atoms with Crippen molar-refractivity contribution in [1.29, 1.82) is 0 Å². The SMILES string of the molecule is CC(=CC(=O)Nc1ccc(Cl)cc1)N1CCCC1. The summed E-state index contributed by atoms with van der Waals surface area (Å²) in [6, 6.07) is 7.10. The van der Waals surface area contributed by atoms with E-state index in [1.54, 1.807) is 30.3 Å². The highest BCUT2D eigenvalue weighted by atomic mass is 35.5. The van der Waals surface area contributed by atoms with E-state index in [-0.39, 0.29) is 5.91 Å². The molecule has 1 aromatic carbocycles. The van der Waals surface area contributed by atoms with Crippen molar-refractivity contribution in [2.75, 3.05) is 18.4 Å². The Morgan fingerprint density at radius 3 is 2.50 bits per heavy atom. The number of halogens is 1. The van der Waals surface area contributed by atoms with Crippen LogP contribution in [-0.4, -0.2) is 23.9 Å². The fourth-order valence-electron chi connectivity index (χ4n) is 2.06. The molecule has 0 aromatic heterocycles. The van der Waals surface area contributed by atoms with Gasteiger partial charge >= 0.3 is 0 Å². The third-order valence-electron chi connectivity index (χ3n) is 3.06. The molecule has 0 unspecified atom stereocenters. The first-order valence-electron chi connectivity index (χ1n) is 6.15. The molecular weight excluding hydrogens is 248 g/mol. The molecule has 1 fully saturated rings. The Morgan fingerprint density at radius 2 is 1.89 bits per heavy atom. The Kier molecular flexibility index (Phi) is 4.26. The Balaban J connectivity index is 1.95. The second-order valence-electron chi connectivity index (χ2n) is 4.48. The summed E-state index contributed by atoms with van der Waals surface area (Å²) in [4.78, 5) is 14.1. The number of benzene rings is 1. The van der Waals surface area contributed by atoms with Crippen molar-refractivity contribution in [2.45, 2.75) is 19.8 Å². The minimum Gasteiger partial charge on any atom is -0.375 e. The maximum atomic E-state index is 11.8. The smallest absolute Gasteiger partial charge is 0.250 e. The maximum absolute atomic E-state index is 11.8. The summed E-state index contributed by atoms with van der Waals surface area (Å²) in [7, 11) is 0. The Bertz CT molecular complexity index is 447. The predicted molar refractivity (Wildman–Crippen MR) is 74.6 cm³/mol. The molecule has 18 heavy (non-hydrogen) atoms. The lowest BCUT2D eigenvalue weighted by molar-refractivity contribution is -0.112. The van der Waals surface area contributed by atoms with Crippen molar-refractivity contribution in [3.8, 4) is 0 Å². The van der Waals surface area contributed by atoms with E-state index < -0.39 is 0 Å². The lowest BCUT2D eigenvalue weighted by Gasteiger charge is -2.17. The van der Waals surface area contributed by atoms with Crippen LogP contribution in [0.2, 0.25) is 5.02 Å². The van der Waals surface area contributed by atoms with Crippen molar-refractivity contribution in [3.63, 3.8) is 0 Å². The standard InChI is InChI=1S/C14H17ClN2O/c1-11(17-8-2-3-9-17)10-14(18)16-13-6-4-12(15)5-7-13/h4-7,10H,2-3,8-9H2,1H3,(H,16,18). The summed E-state index contributed by atoms with van der Waals surface area (Å²) < 4.78 is 0. The first kappa shape index (κ1) is 13.0. The number of anilines is 1. The Morgan fingerprint density at radius 1 is 1.28 bits per heavy atom. The summed E-state index contributed by atoms with van der Waals surface area (Å²) in [6.07, 6.45) is 4.08. The number of hydrogen-bond acceptors (Lipinski definition) is 2. The summed E-state index contributed by atoms with van der Waals surface area (Å²) in [5.41, 5.74) is 1.79. The average molecular weight is 265 g/mol. The van der Waals surface area contributed by atoms with Crippen molar-refractivity contribution < 1.29 is 4.79 Å². The summed E-state index contributed by atoms with van der Waals surface area (Å²) in [5.74, 6) is -0.0956. The van der Waals surface area contributed by atoms with Crippen molar-refractivity contribution in [3.05, 3.63) is 41.1 Å². The van der Waals surface area contributed by atoms with Gasteiger partial charge in [0.05, 0.1) is 0 Å². The minimum absolute atomic E-state index is 0.0956. The van der Waals surface area contributed by atoms with Crippen LogP contribution in [0, 0.1) is 0 Å². The van der Waals surface area contributed by atoms with Gasteiger partial charge in [0, 0.05) is 35.6 Å². The molecule has 1 aliphatic heterocycles. The molecule has 0 radical (unpaired) electrons. The van der Waals surface area contributed by atoms with Crippen LogP contribution in [0.5, 0.6) is 0 Å². The van der Waals surface area contributed by atoms with Gasteiger partial charge in [0.25, 0.3) is 0 Å². The second kappa shape index (κ2) is 5.91. The number of amides is 1. The lowest BCUT2D eigenvalue weighted by atomic mass is 10.3. The van der Waals surface area contributed by atoms with E-state index in [0.29, 0.717) is 5.02 Å². The molecule has 1 amide bonds. The van der Waals surface area contributed by atoms with Gasteiger partial charge < -0.3 is 10.2 Å². The molecule has 3 nitrogen and oxygen atoms in total. The first-order chi connectivity index (χ1) is 8.65. The number of nitrogens with zero attached hydrogens (tertiary/aromatic N) is 1. The average Bonchev–Trinajstić information content (AvgIpc) is 2.85. The Labute approximate surface area is 112 Å². The van der Waals surface area contributed by atoms with Crippen LogP contribution in [0.15, 0.2) is 36.0 Å². The fourth-order valence-corrected chi connectivity index (χ4v) is 2.19. The monoisotopic (exact) mass is 264 g/mol. The number of allylic oxidation sites excluding steroid dienone is 1. The molecule has 0 saturated carbocycles. The zero-order valence-corrected chi connectivity index (χ0v) is 11.2. The van der Waals surface area contributed by atoms with Crippen LogP contribution in [0.4, 0.5) is 5.69 Å². The first-order valence-corrected chi connectivity index (χ1v) is 6.53. The van der Waals surface area contributed by atoms with E-state index in [1.165, 1.54) is 12.8 Å². The number of nitrogens with one attached hydrogen (secondary N) is 1. The van der Waals surface area contributed by atoms with Crippen molar-refractivity contribution in [1.82, 2.24) is 4.90 Å². The molecule has 1 heterocycles. The molecule has 0 spiro atoms. The van der Waals surface area contributed by atoms with Gasteiger partial charge in [-0.1, -0.05) is 11.6 Å². The largest absolute Gasteiger partial charge is 0.375 e. The normalized spacial score (nSPS) is 15.9. The van der Waals surface area contributed by atoms with Gasteiger partial charge in [-0.05, 0) is 44.0 Å². The fraction of sp³-hybridized carbons (Fsp3) is 0.357. The van der Waals surface area contributed by atoms with E-state index >= 15 is 0 Å². The zero-order valence-electron chi connectivity index (χ0n) is 10.4. The molecule has 2 rings (SSSR count). The number of carbonyl (C=O) groups excluding carboxylic acids is 1. The highest BCUT2D eigenvalue weighted by Gasteiger charge is 2.12. The van der Waals surface area contributed by atoms with Crippen molar-refractivity contribution in [2.24, 2.45) is 0 Å². The molecule has 1 aromatic rings. The third kappa shape index (κ3) is 3.50. The van der Waals surface area contributed by atoms with Crippen LogP contribution in [0.3, 0.4) is 0 Å². The van der Waals surface area contributed by atoms with Crippen LogP contribution >= 0.6 is 11.6 Å². The molecular formula is C14H17ClN2O. The summed E-state index contributed by atoms with van der Waals surface area (Å²) in [5, 5.41) is 3.49. The molecule has 96 valence electrons. The van der Waals surface area contributed by atoms with Gasteiger partial charge in [0.2, 0.25) is 5.91 Å². The quantitative estimate of drug-likeness (QED) is 0.850. The number of hydrogen-bond donors (Lipinski definition) is 1. The molecule has 1 N–H and O–H groups in total. The highest BCUT2D eigenvalue weighted by molar-refractivity contribution is 6.30. The van der Waals surface area contributed by atoms with Gasteiger partial charge in [-0.3, -0.25) is 4.79 Å². The zero-order chi connectivity index (χ0) is 13.0. The van der Waals surface area contributed by atoms with Gasteiger partial charge in [-0.2, -0.15) is 0 Å². The highest BCUT2D eigenvalue weighted by Crippen LogP contribution is 2.15. The topological polar surface area (TPSA) is 32.3 Å².